The molecule has 12 heteroatoms. The highest BCUT2D eigenvalue weighted by atomic mass is 19.3. The van der Waals surface area contributed by atoms with Crippen molar-refractivity contribution in [3.8, 4) is 16.9 Å². The van der Waals surface area contributed by atoms with Gasteiger partial charge in [-0.05, 0) is 70.4 Å². The third kappa shape index (κ3) is 9.16. The number of rotatable bonds is 16. The number of alkyl halides is 2. The number of carbonyl (C=O) groups excluding carboxylic acids is 2. The summed E-state index contributed by atoms with van der Waals surface area (Å²) in [4.78, 5) is 28.0. The van der Waals surface area contributed by atoms with E-state index < -0.39 is 37.1 Å². The minimum Gasteiger partial charge on any atom is -0.493 e. The second-order valence-corrected chi connectivity index (χ2v) is 14.1. The van der Waals surface area contributed by atoms with E-state index in [2.05, 4.69) is 5.10 Å². The zero-order valence-electron chi connectivity index (χ0n) is 31.5. The Labute approximate surface area is 309 Å². The monoisotopic (exact) mass is 732 g/mol. The molecule has 0 aliphatic rings. The molecule has 0 aliphatic carbocycles. The molecular weight excluding hydrogens is 682 g/mol. The summed E-state index contributed by atoms with van der Waals surface area (Å²) in [6.45, 7) is 8.11. The number of esters is 1. The van der Waals surface area contributed by atoms with Gasteiger partial charge in [0.1, 0.15) is 17.0 Å². The van der Waals surface area contributed by atoms with E-state index in [9.17, 15) is 23.5 Å². The number of aryl methyl sites for hydroxylation is 3. The molecule has 0 saturated heterocycles. The summed E-state index contributed by atoms with van der Waals surface area (Å²) in [5, 5.41) is 17.7. The fourth-order valence-electron chi connectivity index (χ4n) is 6.80. The summed E-state index contributed by atoms with van der Waals surface area (Å²) in [6, 6.07) is 19.5. The van der Waals surface area contributed by atoms with Crippen molar-refractivity contribution in [2.45, 2.75) is 85.0 Å². The standard InChI is InChI=1S/C41H50F2N4O6/c1-7-51-39(49)38-30(20-14-24-52-34-21-12-16-27-15-8-9-17-28(27)34)29-18-13-19-31(36-32(25-35(42)43)44-46(6)33(36)26-48)37(29)47(38)23-11-10-22-45(5)40(50)53-41(2,3)4/h8-9,12-13,15-19,21,35,48H,7,10-11,14,20,22-26H2,1-6H3. The van der Waals surface area contributed by atoms with E-state index in [1.165, 1.54) is 9.58 Å². The molecule has 0 fully saturated rings. The van der Waals surface area contributed by atoms with Crippen LogP contribution in [0.25, 0.3) is 32.8 Å². The van der Waals surface area contributed by atoms with Crippen molar-refractivity contribution in [1.82, 2.24) is 19.2 Å². The first kappa shape index (κ1) is 39.2. The van der Waals surface area contributed by atoms with Crippen molar-refractivity contribution < 1.29 is 37.7 Å². The molecule has 0 saturated carbocycles. The largest absolute Gasteiger partial charge is 0.493 e. The third-order valence-corrected chi connectivity index (χ3v) is 9.07. The summed E-state index contributed by atoms with van der Waals surface area (Å²) in [5.74, 6) is 0.279. The lowest BCUT2D eigenvalue weighted by Crippen LogP contribution is -2.34. The third-order valence-electron chi connectivity index (χ3n) is 9.07. The van der Waals surface area contributed by atoms with Crippen molar-refractivity contribution >= 4 is 33.7 Å². The van der Waals surface area contributed by atoms with Gasteiger partial charge in [-0.25, -0.2) is 18.4 Å². The fraction of sp³-hybridized carbons (Fsp3) is 0.439. The van der Waals surface area contributed by atoms with Crippen LogP contribution in [0.2, 0.25) is 0 Å². The molecule has 0 atom stereocenters. The molecule has 284 valence electrons. The van der Waals surface area contributed by atoms with E-state index in [1.54, 1.807) is 21.0 Å². The van der Waals surface area contributed by atoms with Gasteiger partial charge in [0.15, 0.2) is 0 Å². The van der Waals surface area contributed by atoms with Crippen LogP contribution in [0.1, 0.15) is 74.4 Å². The van der Waals surface area contributed by atoms with E-state index in [0.717, 1.165) is 27.5 Å². The number of nitrogens with zero attached hydrogens (tertiary/aromatic N) is 4. The molecule has 3 aromatic carbocycles. The highest BCUT2D eigenvalue weighted by Gasteiger charge is 2.29. The number of unbranched alkanes of at least 4 members (excludes halogenated alkanes) is 1. The van der Waals surface area contributed by atoms with Crippen molar-refractivity contribution in [2.24, 2.45) is 7.05 Å². The maximum absolute atomic E-state index is 13.9. The first-order valence-corrected chi connectivity index (χ1v) is 18.1. The second-order valence-electron chi connectivity index (χ2n) is 14.1. The first-order chi connectivity index (χ1) is 25.3. The van der Waals surface area contributed by atoms with Crippen LogP contribution in [0.15, 0.2) is 60.7 Å². The highest BCUT2D eigenvalue weighted by molar-refractivity contribution is 6.05. The van der Waals surface area contributed by atoms with Crippen LogP contribution in [-0.4, -0.2) is 75.2 Å². The number of benzene rings is 3. The Kier molecular flexibility index (Phi) is 12.8. The number of fused-ring (bicyclic) bond motifs is 2. The molecule has 0 unspecified atom stereocenters. The molecule has 1 N–H and O–H groups in total. The maximum Gasteiger partial charge on any atom is 0.410 e. The number of aliphatic hydroxyl groups excluding tert-OH is 1. The molecule has 0 bridgehead atoms. The van der Waals surface area contributed by atoms with E-state index in [-0.39, 0.29) is 12.3 Å². The smallest absolute Gasteiger partial charge is 0.410 e. The topological polar surface area (TPSA) is 108 Å². The number of ether oxygens (including phenoxy) is 3. The molecule has 53 heavy (non-hydrogen) atoms. The molecule has 5 aromatic rings. The predicted molar refractivity (Wildman–Crippen MR) is 202 cm³/mol. The summed E-state index contributed by atoms with van der Waals surface area (Å²) in [7, 11) is 3.30. The molecule has 5 rings (SSSR count). The van der Waals surface area contributed by atoms with Crippen LogP contribution in [0.5, 0.6) is 5.75 Å². The van der Waals surface area contributed by atoms with Crippen molar-refractivity contribution in [3.05, 3.63) is 83.3 Å². The summed E-state index contributed by atoms with van der Waals surface area (Å²) in [6.07, 6.45) is -1.46. The normalized spacial score (nSPS) is 11.8. The Balaban J connectivity index is 1.55. The van der Waals surface area contributed by atoms with E-state index in [1.807, 2.05) is 86.0 Å². The molecular formula is C41H50F2N4O6. The Morgan fingerprint density at radius 3 is 2.42 bits per heavy atom. The van der Waals surface area contributed by atoms with Crippen molar-refractivity contribution in [1.29, 1.82) is 0 Å². The van der Waals surface area contributed by atoms with Crippen LogP contribution in [-0.2, 0) is 42.5 Å². The molecule has 10 nitrogen and oxygen atoms in total. The van der Waals surface area contributed by atoms with Crippen LogP contribution < -0.4 is 4.74 Å². The molecule has 2 heterocycles. The van der Waals surface area contributed by atoms with Crippen molar-refractivity contribution in [2.75, 3.05) is 26.8 Å². The average molecular weight is 733 g/mol. The maximum atomic E-state index is 13.9. The lowest BCUT2D eigenvalue weighted by molar-refractivity contribution is 0.0295. The zero-order valence-corrected chi connectivity index (χ0v) is 31.5. The number of halogens is 2. The second kappa shape index (κ2) is 17.2. The van der Waals surface area contributed by atoms with Gasteiger partial charge in [0.05, 0.1) is 43.1 Å². The van der Waals surface area contributed by atoms with Crippen molar-refractivity contribution in [3.63, 3.8) is 0 Å². The zero-order chi connectivity index (χ0) is 38.3. The average Bonchev–Trinajstić information content (AvgIpc) is 3.60. The van der Waals surface area contributed by atoms with Crippen LogP contribution in [0, 0.1) is 0 Å². The summed E-state index contributed by atoms with van der Waals surface area (Å²) in [5.41, 5.74) is 2.74. The minimum absolute atomic E-state index is 0.160. The highest BCUT2D eigenvalue weighted by Crippen LogP contribution is 2.39. The molecule has 2 aromatic heterocycles. The fourth-order valence-corrected chi connectivity index (χ4v) is 6.80. The van der Waals surface area contributed by atoms with Gasteiger partial charge in [0, 0.05) is 49.1 Å². The lowest BCUT2D eigenvalue weighted by Gasteiger charge is -2.24. The SMILES string of the molecule is CCOC(=O)c1c(CCCOc2cccc3ccccc23)c2cccc(-c3c(CC(F)F)nn(C)c3CO)c2n1CCCCN(C)C(=O)OC(C)(C)C. The predicted octanol–water partition coefficient (Wildman–Crippen LogP) is 8.33. The number of hydrogen-bond acceptors (Lipinski definition) is 7. The van der Waals surface area contributed by atoms with E-state index >= 15 is 0 Å². The van der Waals surface area contributed by atoms with Gasteiger partial charge in [0.2, 0.25) is 6.43 Å². The van der Waals surface area contributed by atoms with Gasteiger partial charge >= 0.3 is 12.1 Å². The Bertz CT molecular complexity index is 2040. The quantitative estimate of drug-likeness (QED) is 0.0803. The number of aliphatic hydroxyl groups is 1. The number of hydrogen-bond donors (Lipinski definition) is 1. The lowest BCUT2D eigenvalue weighted by atomic mass is 9.97. The van der Waals surface area contributed by atoms with Gasteiger partial charge in [-0.15, -0.1) is 0 Å². The molecule has 0 aliphatic heterocycles. The molecule has 0 spiro atoms. The van der Waals surface area contributed by atoms with Crippen LogP contribution in [0.3, 0.4) is 0 Å². The number of para-hydroxylation sites is 1. The molecule has 1 amide bonds. The minimum atomic E-state index is -2.66. The Hall–Kier alpha value is -4.97. The Morgan fingerprint density at radius 2 is 1.70 bits per heavy atom. The summed E-state index contributed by atoms with van der Waals surface area (Å²) < 4.78 is 48.5. The van der Waals surface area contributed by atoms with Gasteiger partial charge in [0.25, 0.3) is 0 Å². The number of amides is 1. The van der Waals surface area contributed by atoms with Gasteiger partial charge < -0.3 is 28.8 Å². The number of carbonyl (C=O) groups is 2. The van der Waals surface area contributed by atoms with Gasteiger partial charge in [-0.1, -0.05) is 54.6 Å². The summed E-state index contributed by atoms with van der Waals surface area (Å²) >= 11 is 0. The van der Waals surface area contributed by atoms with Crippen LogP contribution in [0.4, 0.5) is 13.6 Å². The first-order valence-electron chi connectivity index (χ1n) is 18.1. The Morgan fingerprint density at radius 1 is 0.981 bits per heavy atom. The molecule has 0 radical (unpaired) electrons. The van der Waals surface area contributed by atoms with Gasteiger partial charge in [-0.3, -0.25) is 4.68 Å². The number of aromatic nitrogens is 3. The van der Waals surface area contributed by atoms with E-state index in [0.29, 0.717) is 73.4 Å². The van der Waals surface area contributed by atoms with Gasteiger partial charge in [-0.2, -0.15) is 5.10 Å². The van der Waals surface area contributed by atoms with E-state index in [4.69, 9.17) is 14.2 Å². The van der Waals surface area contributed by atoms with Crippen LogP contribution >= 0.6 is 0 Å².